The van der Waals surface area contributed by atoms with E-state index in [2.05, 4.69) is 11.9 Å². The molecule has 1 fully saturated rings. The van der Waals surface area contributed by atoms with Gasteiger partial charge in [0.15, 0.2) is 0 Å². The SMILES string of the molecule is CCC1CCCCC1Oc1cc(CO)nc2ccccc12. The minimum absolute atomic E-state index is 0.0525. The van der Waals surface area contributed by atoms with Crippen LogP contribution in [0.15, 0.2) is 30.3 Å². The highest BCUT2D eigenvalue weighted by Gasteiger charge is 2.26. The molecule has 2 unspecified atom stereocenters. The molecule has 1 aliphatic carbocycles. The van der Waals surface area contributed by atoms with Crippen LogP contribution in [0.3, 0.4) is 0 Å². The van der Waals surface area contributed by atoms with E-state index in [-0.39, 0.29) is 6.61 Å². The van der Waals surface area contributed by atoms with Crippen LogP contribution < -0.4 is 4.74 Å². The van der Waals surface area contributed by atoms with Gasteiger partial charge in [-0.15, -0.1) is 0 Å². The van der Waals surface area contributed by atoms with Crippen molar-refractivity contribution in [2.24, 2.45) is 5.92 Å². The summed E-state index contributed by atoms with van der Waals surface area (Å²) in [5, 5.41) is 10.4. The molecule has 1 saturated carbocycles. The van der Waals surface area contributed by atoms with Gasteiger partial charge in [0.2, 0.25) is 0 Å². The van der Waals surface area contributed by atoms with Crippen LogP contribution in [0, 0.1) is 5.92 Å². The molecule has 2 aromatic rings. The molecular weight excluding hydrogens is 262 g/mol. The van der Waals surface area contributed by atoms with E-state index in [0.29, 0.717) is 17.7 Å². The number of rotatable bonds is 4. The number of aliphatic hydroxyl groups is 1. The number of pyridine rings is 1. The van der Waals surface area contributed by atoms with E-state index in [1.165, 1.54) is 25.7 Å². The Hall–Kier alpha value is -1.61. The second-order valence-electron chi connectivity index (χ2n) is 5.90. The Morgan fingerprint density at radius 2 is 2.05 bits per heavy atom. The van der Waals surface area contributed by atoms with Gasteiger partial charge in [0.05, 0.1) is 17.8 Å². The first-order chi connectivity index (χ1) is 10.3. The van der Waals surface area contributed by atoms with E-state index >= 15 is 0 Å². The van der Waals surface area contributed by atoms with Crippen LogP contribution in [0.5, 0.6) is 5.75 Å². The van der Waals surface area contributed by atoms with Crippen LogP contribution in [0.2, 0.25) is 0 Å². The van der Waals surface area contributed by atoms with Gasteiger partial charge < -0.3 is 9.84 Å². The van der Waals surface area contributed by atoms with E-state index < -0.39 is 0 Å². The lowest BCUT2D eigenvalue weighted by atomic mass is 9.84. The van der Waals surface area contributed by atoms with Crippen molar-refractivity contribution in [1.82, 2.24) is 4.98 Å². The Morgan fingerprint density at radius 3 is 2.86 bits per heavy atom. The molecule has 2 atom stereocenters. The van der Waals surface area contributed by atoms with Crippen molar-refractivity contribution in [1.29, 1.82) is 0 Å². The minimum Gasteiger partial charge on any atom is -0.489 e. The van der Waals surface area contributed by atoms with Crippen LogP contribution in [0.4, 0.5) is 0 Å². The van der Waals surface area contributed by atoms with Crippen molar-refractivity contribution in [3.8, 4) is 5.75 Å². The number of ether oxygens (including phenoxy) is 1. The Kier molecular flexibility index (Phi) is 4.39. The molecule has 1 N–H and O–H groups in total. The zero-order valence-electron chi connectivity index (χ0n) is 12.6. The molecule has 1 aromatic carbocycles. The summed E-state index contributed by atoms with van der Waals surface area (Å²) in [6.07, 6.45) is 6.41. The van der Waals surface area contributed by atoms with Gasteiger partial charge >= 0.3 is 0 Å². The van der Waals surface area contributed by atoms with E-state index in [4.69, 9.17) is 4.74 Å². The highest BCUT2D eigenvalue weighted by Crippen LogP contribution is 2.33. The van der Waals surface area contributed by atoms with Gasteiger partial charge in [0.25, 0.3) is 0 Å². The highest BCUT2D eigenvalue weighted by atomic mass is 16.5. The highest BCUT2D eigenvalue weighted by molar-refractivity contribution is 5.85. The predicted molar refractivity (Wildman–Crippen MR) is 84.3 cm³/mol. The molecule has 3 nitrogen and oxygen atoms in total. The maximum atomic E-state index is 9.41. The molecule has 0 amide bonds. The topological polar surface area (TPSA) is 42.4 Å². The first-order valence-corrected chi connectivity index (χ1v) is 7.98. The third-order valence-corrected chi connectivity index (χ3v) is 4.54. The van der Waals surface area contributed by atoms with Crippen LogP contribution >= 0.6 is 0 Å². The van der Waals surface area contributed by atoms with Crippen molar-refractivity contribution in [3.63, 3.8) is 0 Å². The lowest BCUT2D eigenvalue weighted by Crippen LogP contribution is -2.30. The number of benzene rings is 1. The Bertz CT molecular complexity index is 611. The smallest absolute Gasteiger partial charge is 0.131 e. The summed E-state index contributed by atoms with van der Waals surface area (Å²) < 4.78 is 6.36. The molecule has 1 aliphatic rings. The zero-order valence-corrected chi connectivity index (χ0v) is 12.6. The van der Waals surface area contributed by atoms with Gasteiger partial charge in [-0.05, 0) is 43.7 Å². The molecule has 3 rings (SSSR count). The van der Waals surface area contributed by atoms with Gasteiger partial charge in [-0.25, -0.2) is 0 Å². The molecule has 0 bridgehead atoms. The average Bonchev–Trinajstić information content (AvgIpc) is 2.55. The fourth-order valence-electron chi connectivity index (χ4n) is 3.33. The lowest BCUT2D eigenvalue weighted by molar-refractivity contribution is 0.0916. The van der Waals surface area contributed by atoms with Crippen LogP contribution in [-0.4, -0.2) is 16.2 Å². The van der Waals surface area contributed by atoms with E-state index in [1.807, 2.05) is 30.3 Å². The fraction of sp³-hybridized carbons (Fsp3) is 0.500. The number of fused-ring (bicyclic) bond motifs is 1. The summed E-state index contributed by atoms with van der Waals surface area (Å²) in [5.41, 5.74) is 1.57. The fourth-order valence-corrected chi connectivity index (χ4v) is 3.33. The van der Waals surface area contributed by atoms with Gasteiger partial charge in [-0.2, -0.15) is 0 Å². The zero-order chi connectivity index (χ0) is 14.7. The van der Waals surface area contributed by atoms with Crippen molar-refractivity contribution < 1.29 is 9.84 Å². The number of aromatic nitrogens is 1. The van der Waals surface area contributed by atoms with Crippen molar-refractivity contribution in [3.05, 3.63) is 36.0 Å². The van der Waals surface area contributed by atoms with E-state index in [0.717, 1.165) is 23.1 Å². The molecule has 21 heavy (non-hydrogen) atoms. The Balaban J connectivity index is 1.95. The maximum absolute atomic E-state index is 9.41. The molecule has 0 aliphatic heterocycles. The van der Waals surface area contributed by atoms with Crippen LogP contribution in [-0.2, 0) is 6.61 Å². The van der Waals surface area contributed by atoms with E-state index in [1.54, 1.807) is 0 Å². The van der Waals surface area contributed by atoms with Crippen LogP contribution in [0.25, 0.3) is 10.9 Å². The number of hydrogen-bond donors (Lipinski definition) is 1. The van der Waals surface area contributed by atoms with Gasteiger partial charge in [-0.1, -0.05) is 25.5 Å². The predicted octanol–water partition coefficient (Wildman–Crippen LogP) is 4.07. The number of nitrogens with zero attached hydrogens (tertiary/aromatic N) is 1. The summed E-state index contributed by atoms with van der Waals surface area (Å²) >= 11 is 0. The number of hydrogen-bond acceptors (Lipinski definition) is 3. The van der Waals surface area contributed by atoms with Gasteiger partial charge in [0.1, 0.15) is 11.9 Å². The maximum Gasteiger partial charge on any atom is 0.131 e. The second-order valence-corrected chi connectivity index (χ2v) is 5.90. The Morgan fingerprint density at radius 1 is 1.24 bits per heavy atom. The molecule has 0 spiro atoms. The van der Waals surface area contributed by atoms with Crippen molar-refractivity contribution in [2.45, 2.75) is 51.7 Å². The van der Waals surface area contributed by atoms with Gasteiger partial charge in [0, 0.05) is 11.5 Å². The quantitative estimate of drug-likeness (QED) is 0.920. The first-order valence-electron chi connectivity index (χ1n) is 7.98. The molecular formula is C18H23NO2. The van der Waals surface area contributed by atoms with Crippen molar-refractivity contribution >= 4 is 10.9 Å². The third-order valence-electron chi connectivity index (χ3n) is 4.54. The summed E-state index contributed by atoms with van der Waals surface area (Å²) in [6.45, 7) is 2.19. The second kappa shape index (κ2) is 6.44. The van der Waals surface area contributed by atoms with Crippen LogP contribution in [0.1, 0.15) is 44.7 Å². The molecule has 3 heteroatoms. The lowest BCUT2D eigenvalue weighted by Gasteiger charge is -2.31. The summed E-state index contributed by atoms with van der Waals surface area (Å²) in [7, 11) is 0. The molecule has 0 radical (unpaired) electrons. The Labute approximate surface area is 126 Å². The largest absolute Gasteiger partial charge is 0.489 e. The van der Waals surface area contributed by atoms with Gasteiger partial charge in [-0.3, -0.25) is 4.98 Å². The molecule has 1 heterocycles. The summed E-state index contributed by atoms with van der Waals surface area (Å²) in [6, 6.07) is 9.88. The summed E-state index contributed by atoms with van der Waals surface area (Å²) in [5.74, 6) is 1.51. The standard InChI is InChI=1S/C18H23NO2/c1-2-13-7-3-6-10-17(13)21-18-11-14(12-20)19-16-9-5-4-8-15(16)18/h4-5,8-9,11,13,17,20H,2-3,6-7,10,12H2,1H3. The number of para-hydroxylation sites is 1. The minimum atomic E-state index is -0.0525. The van der Waals surface area contributed by atoms with Crippen molar-refractivity contribution in [2.75, 3.05) is 0 Å². The number of aliphatic hydroxyl groups excluding tert-OH is 1. The molecule has 0 saturated heterocycles. The molecule has 112 valence electrons. The summed E-state index contributed by atoms with van der Waals surface area (Å²) in [4.78, 5) is 4.46. The normalized spacial score (nSPS) is 22.4. The monoisotopic (exact) mass is 285 g/mol. The third kappa shape index (κ3) is 3.03. The van der Waals surface area contributed by atoms with E-state index in [9.17, 15) is 5.11 Å². The molecule has 1 aromatic heterocycles. The average molecular weight is 285 g/mol. The first kappa shape index (κ1) is 14.3.